The van der Waals surface area contributed by atoms with Gasteiger partial charge in [-0.3, -0.25) is 0 Å². The molecule has 0 aliphatic heterocycles. The third-order valence-electron chi connectivity index (χ3n) is 2.69. The number of oxazole rings is 1. The second kappa shape index (κ2) is 4.57. The van der Waals surface area contributed by atoms with Crippen LogP contribution < -0.4 is 0 Å². The predicted molar refractivity (Wildman–Crippen MR) is 66.8 cm³/mol. The molecule has 0 atom stereocenters. The summed E-state index contributed by atoms with van der Waals surface area (Å²) in [6.07, 6.45) is 0. The minimum absolute atomic E-state index is 0.171. The van der Waals surface area contributed by atoms with E-state index in [-0.39, 0.29) is 5.76 Å². The number of tetrazole rings is 1. The van der Waals surface area contributed by atoms with Gasteiger partial charge in [0.2, 0.25) is 11.6 Å². The van der Waals surface area contributed by atoms with Gasteiger partial charge in [0, 0.05) is 18.1 Å². The van der Waals surface area contributed by atoms with Crippen molar-refractivity contribution in [2.45, 2.75) is 6.92 Å². The molecule has 0 fully saturated rings. The first-order valence-electron chi connectivity index (χ1n) is 5.70. The molecule has 0 saturated carbocycles. The Bertz CT molecular complexity index is 746. The maximum Gasteiger partial charge on any atom is 0.374 e. The fraction of sp³-hybridized carbons (Fsp3) is 0.0833. The minimum Gasteiger partial charge on any atom is -0.475 e. The quantitative estimate of drug-likeness (QED) is 0.741. The molecule has 0 unspecified atom stereocenters. The van der Waals surface area contributed by atoms with Crippen LogP contribution in [0, 0.1) is 6.92 Å². The summed E-state index contributed by atoms with van der Waals surface area (Å²) in [5.41, 5.74) is 1.71. The molecule has 2 heterocycles. The van der Waals surface area contributed by atoms with Crippen LogP contribution in [0.5, 0.6) is 0 Å². The predicted octanol–water partition coefficient (Wildman–Crippen LogP) is 1.53. The molecule has 0 radical (unpaired) electrons. The van der Waals surface area contributed by atoms with Gasteiger partial charge in [-0.25, -0.2) is 9.78 Å². The van der Waals surface area contributed by atoms with Crippen LogP contribution in [-0.4, -0.2) is 36.7 Å². The molecule has 0 saturated heterocycles. The summed E-state index contributed by atoms with van der Waals surface area (Å²) in [4.78, 5) is 15.2. The molecule has 3 aromatic rings. The van der Waals surface area contributed by atoms with E-state index in [1.807, 2.05) is 0 Å². The molecular formula is C12H9N5O3. The summed E-state index contributed by atoms with van der Waals surface area (Å²) in [6.45, 7) is 1.60. The van der Waals surface area contributed by atoms with Crippen molar-refractivity contribution in [2.24, 2.45) is 0 Å². The normalized spacial score (nSPS) is 10.7. The largest absolute Gasteiger partial charge is 0.475 e. The van der Waals surface area contributed by atoms with E-state index >= 15 is 0 Å². The minimum atomic E-state index is -1.15. The van der Waals surface area contributed by atoms with Crippen molar-refractivity contribution in [1.29, 1.82) is 0 Å². The number of carboxylic acids is 1. The Labute approximate surface area is 112 Å². The molecule has 0 bridgehead atoms. The number of aromatic amines is 1. The van der Waals surface area contributed by atoms with Crippen LogP contribution in [0.2, 0.25) is 0 Å². The average molecular weight is 271 g/mol. The van der Waals surface area contributed by atoms with Gasteiger partial charge in [-0.1, -0.05) is 24.3 Å². The lowest BCUT2D eigenvalue weighted by atomic mass is 10.1. The zero-order valence-corrected chi connectivity index (χ0v) is 10.4. The molecule has 20 heavy (non-hydrogen) atoms. The van der Waals surface area contributed by atoms with Gasteiger partial charge in [-0.05, 0) is 5.21 Å². The molecule has 1 aromatic carbocycles. The summed E-state index contributed by atoms with van der Waals surface area (Å²) in [5.74, 6) is -0.552. The number of aryl methyl sites for hydroxylation is 1. The molecule has 2 aromatic heterocycles. The van der Waals surface area contributed by atoms with Crippen molar-refractivity contribution in [3.05, 3.63) is 35.9 Å². The van der Waals surface area contributed by atoms with Gasteiger partial charge < -0.3 is 9.52 Å². The molecular weight excluding hydrogens is 262 g/mol. The van der Waals surface area contributed by atoms with Gasteiger partial charge in [-0.2, -0.15) is 5.21 Å². The highest BCUT2D eigenvalue weighted by molar-refractivity contribution is 5.91. The van der Waals surface area contributed by atoms with Gasteiger partial charge >= 0.3 is 5.97 Å². The van der Waals surface area contributed by atoms with E-state index in [0.29, 0.717) is 23.0 Å². The van der Waals surface area contributed by atoms with Crippen molar-refractivity contribution in [3.8, 4) is 22.6 Å². The lowest BCUT2D eigenvalue weighted by molar-refractivity contribution is 0.0662. The van der Waals surface area contributed by atoms with E-state index in [2.05, 4.69) is 25.6 Å². The summed E-state index contributed by atoms with van der Waals surface area (Å²) in [7, 11) is 0. The van der Waals surface area contributed by atoms with Gasteiger partial charge in [0.25, 0.3) is 0 Å². The van der Waals surface area contributed by atoms with E-state index in [1.54, 1.807) is 31.2 Å². The van der Waals surface area contributed by atoms with Crippen LogP contribution in [0.15, 0.2) is 28.7 Å². The van der Waals surface area contributed by atoms with Crippen molar-refractivity contribution < 1.29 is 14.3 Å². The number of rotatable bonds is 3. The summed E-state index contributed by atoms with van der Waals surface area (Å²) >= 11 is 0. The van der Waals surface area contributed by atoms with Crippen LogP contribution in [0.3, 0.4) is 0 Å². The number of carbonyl (C=O) groups is 1. The zero-order valence-electron chi connectivity index (χ0n) is 10.4. The molecule has 2 N–H and O–H groups in total. The maximum absolute atomic E-state index is 11.1. The summed E-state index contributed by atoms with van der Waals surface area (Å²) in [5, 5.41) is 22.7. The number of nitrogens with one attached hydrogen (secondary N) is 1. The fourth-order valence-electron chi connectivity index (χ4n) is 1.83. The fourth-order valence-corrected chi connectivity index (χ4v) is 1.83. The monoisotopic (exact) mass is 271 g/mol. The standard InChI is InChI=1S/C12H9N5O3/c1-6-13-9(10(20-6)12(18)19)7-2-4-8(5-3-7)11-14-16-17-15-11/h2-5H,1H3,(H,18,19)(H,14,15,16,17). The zero-order chi connectivity index (χ0) is 14.1. The highest BCUT2D eigenvalue weighted by atomic mass is 16.4. The van der Waals surface area contributed by atoms with Gasteiger partial charge in [-0.15, -0.1) is 10.2 Å². The number of benzene rings is 1. The number of aromatic nitrogens is 5. The number of aromatic carboxylic acids is 1. The molecule has 0 amide bonds. The maximum atomic E-state index is 11.1. The van der Waals surface area contributed by atoms with Crippen LogP contribution >= 0.6 is 0 Å². The Hall–Kier alpha value is -3.03. The Morgan fingerprint density at radius 2 is 1.95 bits per heavy atom. The van der Waals surface area contributed by atoms with Gasteiger partial charge in [0.1, 0.15) is 5.69 Å². The van der Waals surface area contributed by atoms with E-state index in [0.717, 1.165) is 5.56 Å². The van der Waals surface area contributed by atoms with Crippen molar-refractivity contribution in [2.75, 3.05) is 0 Å². The SMILES string of the molecule is Cc1nc(-c2ccc(-c3nn[nH]n3)cc2)c(C(=O)O)o1. The molecule has 8 nitrogen and oxygen atoms in total. The topological polar surface area (TPSA) is 118 Å². The van der Waals surface area contributed by atoms with E-state index < -0.39 is 5.97 Å². The Kier molecular flexibility index (Phi) is 2.75. The molecule has 8 heteroatoms. The lowest BCUT2D eigenvalue weighted by Crippen LogP contribution is -1.96. The van der Waals surface area contributed by atoms with Crippen molar-refractivity contribution >= 4 is 5.97 Å². The second-order valence-electron chi connectivity index (χ2n) is 4.03. The van der Waals surface area contributed by atoms with Crippen LogP contribution in [0.25, 0.3) is 22.6 Å². The number of hydrogen-bond acceptors (Lipinski definition) is 6. The Morgan fingerprint density at radius 3 is 2.55 bits per heavy atom. The highest BCUT2D eigenvalue weighted by Crippen LogP contribution is 2.26. The van der Waals surface area contributed by atoms with E-state index in [1.165, 1.54) is 0 Å². The highest BCUT2D eigenvalue weighted by Gasteiger charge is 2.19. The van der Waals surface area contributed by atoms with Gasteiger partial charge in [0.05, 0.1) is 0 Å². The Balaban J connectivity index is 2.01. The first-order chi connectivity index (χ1) is 9.65. The van der Waals surface area contributed by atoms with Crippen LogP contribution in [0.4, 0.5) is 0 Å². The average Bonchev–Trinajstić information content (AvgIpc) is 3.08. The molecule has 3 rings (SSSR count). The molecule has 0 aliphatic carbocycles. The third kappa shape index (κ3) is 2.03. The number of H-pyrrole nitrogens is 1. The summed E-state index contributed by atoms with van der Waals surface area (Å²) in [6, 6.07) is 6.98. The van der Waals surface area contributed by atoms with E-state index in [9.17, 15) is 4.79 Å². The first-order valence-corrected chi connectivity index (χ1v) is 5.70. The van der Waals surface area contributed by atoms with Crippen molar-refractivity contribution in [3.63, 3.8) is 0 Å². The Morgan fingerprint density at radius 1 is 1.25 bits per heavy atom. The number of nitrogens with zero attached hydrogens (tertiary/aromatic N) is 4. The molecule has 100 valence electrons. The molecule has 0 spiro atoms. The van der Waals surface area contributed by atoms with E-state index in [4.69, 9.17) is 9.52 Å². The second-order valence-corrected chi connectivity index (χ2v) is 4.03. The van der Waals surface area contributed by atoms with Crippen LogP contribution in [0.1, 0.15) is 16.4 Å². The lowest BCUT2D eigenvalue weighted by Gasteiger charge is -1.99. The van der Waals surface area contributed by atoms with Crippen LogP contribution in [-0.2, 0) is 0 Å². The van der Waals surface area contributed by atoms with Crippen molar-refractivity contribution in [1.82, 2.24) is 25.6 Å². The number of hydrogen-bond donors (Lipinski definition) is 2. The smallest absolute Gasteiger partial charge is 0.374 e. The first kappa shape index (κ1) is 12.0. The van der Waals surface area contributed by atoms with Gasteiger partial charge in [0.15, 0.2) is 5.89 Å². The number of carboxylic acid groups (broad SMARTS) is 1. The molecule has 0 aliphatic rings. The summed E-state index contributed by atoms with van der Waals surface area (Å²) < 4.78 is 5.08. The third-order valence-corrected chi connectivity index (χ3v) is 2.69.